The molecular weight excluding hydrogens is 366 g/mol. The van der Waals surface area contributed by atoms with Gasteiger partial charge < -0.3 is 15.0 Å². The van der Waals surface area contributed by atoms with Crippen LogP contribution >= 0.6 is 35.2 Å². The summed E-state index contributed by atoms with van der Waals surface area (Å²) in [6, 6.07) is 3.15. The van der Waals surface area contributed by atoms with Gasteiger partial charge >= 0.3 is 0 Å². The lowest BCUT2D eigenvalue weighted by Gasteiger charge is -2.35. The van der Waals surface area contributed by atoms with Crippen LogP contribution in [-0.2, 0) is 14.8 Å². The highest BCUT2D eigenvalue weighted by Gasteiger charge is 2.30. The van der Waals surface area contributed by atoms with Gasteiger partial charge in [0.1, 0.15) is 4.21 Å². The molecule has 0 radical (unpaired) electrons. The average Bonchev–Trinajstić information content (AvgIpc) is 2.95. The Balaban J connectivity index is 1.90. The molecule has 0 unspecified atom stereocenters. The summed E-state index contributed by atoms with van der Waals surface area (Å²) in [5.74, 6) is 0. The first-order valence-electron chi connectivity index (χ1n) is 6.72. The van der Waals surface area contributed by atoms with Crippen LogP contribution in [-0.4, -0.2) is 69.2 Å². The smallest absolute Gasteiger partial charge is 0.252 e. The number of thiophene rings is 1. The Morgan fingerprint density at radius 3 is 2.64 bits per heavy atom. The molecule has 1 aliphatic heterocycles. The molecule has 2 rings (SSSR count). The fourth-order valence-electron chi connectivity index (χ4n) is 2.07. The van der Waals surface area contributed by atoms with Crippen LogP contribution in [0.3, 0.4) is 0 Å². The third-order valence-corrected chi connectivity index (χ3v) is 7.25. The number of piperazine rings is 1. The number of hydrogen-bond donors (Lipinski definition) is 1. The van der Waals surface area contributed by atoms with E-state index in [0.29, 0.717) is 48.8 Å². The molecule has 1 fully saturated rings. The molecule has 0 bridgehead atoms. The van der Waals surface area contributed by atoms with Crippen molar-refractivity contribution in [3.8, 4) is 0 Å². The SMILES string of the molecule is COCCNC(=S)N1CCN(S(=O)(=O)c2ccc(Cl)s2)CC1. The van der Waals surface area contributed by atoms with Gasteiger partial charge in [0.05, 0.1) is 10.9 Å². The molecule has 124 valence electrons. The Labute approximate surface area is 145 Å². The second-order valence-electron chi connectivity index (χ2n) is 4.67. The van der Waals surface area contributed by atoms with E-state index in [0.717, 1.165) is 11.3 Å². The van der Waals surface area contributed by atoms with E-state index in [1.165, 1.54) is 4.31 Å². The van der Waals surface area contributed by atoms with Crippen molar-refractivity contribution in [2.75, 3.05) is 46.4 Å². The Hall–Kier alpha value is -0.450. The lowest BCUT2D eigenvalue weighted by atomic mass is 10.4. The van der Waals surface area contributed by atoms with E-state index in [2.05, 4.69) is 5.32 Å². The summed E-state index contributed by atoms with van der Waals surface area (Å²) in [6.07, 6.45) is 0. The van der Waals surface area contributed by atoms with Crippen molar-refractivity contribution in [1.29, 1.82) is 0 Å². The average molecular weight is 384 g/mol. The molecule has 2 heterocycles. The number of thiocarbonyl (C=S) groups is 1. The van der Waals surface area contributed by atoms with Crippen LogP contribution in [0.2, 0.25) is 4.34 Å². The standard InChI is InChI=1S/C12H18ClN3O3S3/c1-19-9-4-14-12(20)15-5-7-16(8-6-15)22(17,18)11-3-2-10(13)21-11/h2-3H,4-9H2,1H3,(H,14,20). The summed E-state index contributed by atoms with van der Waals surface area (Å²) in [5.41, 5.74) is 0. The van der Waals surface area contributed by atoms with E-state index in [4.69, 9.17) is 28.6 Å². The van der Waals surface area contributed by atoms with Crippen molar-refractivity contribution in [2.45, 2.75) is 4.21 Å². The molecule has 0 amide bonds. The predicted molar refractivity (Wildman–Crippen MR) is 92.1 cm³/mol. The van der Waals surface area contributed by atoms with Crippen LogP contribution in [0, 0.1) is 0 Å². The number of ether oxygens (including phenoxy) is 1. The first-order valence-corrected chi connectivity index (χ1v) is 9.76. The van der Waals surface area contributed by atoms with Crippen molar-refractivity contribution in [2.24, 2.45) is 0 Å². The van der Waals surface area contributed by atoms with Gasteiger partial charge in [0.2, 0.25) is 0 Å². The highest BCUT2D eigenvalue weighted by molar-refractivity contribution is 7.91. The fourth-order valence-corrected chi connectivity index (χ4v) is 5.41. The van der Waals surface area contributed by atoms with Crippen molar-refractivity contribution < 1.29 is 13.2 Å². The van der Waals surface area contributed by atoms with Crippen LogP contribution in [0.5, 0.6) is 0 Å². The highest BCUT2D eigenvalue weighted by atomic mass is 35.5. The van der Waals surface area contributed by atoms with Crippen molar-refractivity contribution in [3.05, 3.63) is 16.5 Å². The summed E-state index contributed by atoms with van der Waals surface area (Å²) in [4.78, 5) is 1.97. The van der Waals surface area contributed by atoms with Gasteiger partial charge in [0.25, 0.3) is 10.0 Å². The molecule has 10 heteroatoms. The second-order valence-corrected chi connectivity index (χ2v) is 8.94. The normalized spacial score (nSPS) is 16.7. The minimum Gasteiger partial charge on any atom is -0.383 e. The summed E-state index contributed by atoms with van der Waals surface area (Å²) in [7, 11) is -1.82. The lowest BCUT2D eigenvalue weighted by Crippen LogP contribution is -2.53. The fraction of sp³-hybridized carbons (Fsp3) is 0.583. The van der Waals surface area contributed by atoms with Gasteiger partial charge in [-0.1, -0.05) is 11.6 Å². The number of methoxy groups -OCH3 is 1. The first kappa shape index (κ1) is 17.9. The number of nitrogens with zero attached hydrogens (tertiary/aromatic N) is 2. The molecular formula is C12H18ClN3O3S3. The molecule has 22 heavy (non-hydrogen) atoms. The van der Waals surface area contributed by atoms with Crippen LogP contribution in [0.4, 0.5) is 0 Å². The highest BCUT2D eigenvalue weighted by Crippen LogP contribution is 2.28. The topological polar surface area (TPSA) is 61.9 Å². The van der Waals surface area contributed by atoms with Gasteiger partial charge in [-0.05, 0) is 24.4 Å². The van der Waals surface area contributed by atoms with Gasteiger partial charge in [-0.3, -0.25) is 0 Å². The molecule has 1 aromatic rings. The molecule has 6 nitrogen and oxygen atoms in total. The quantitative estimate of drug-likeness (QED) is 0.609. The Bertz CT molecular complexity index is 612. The van der Waals surface area contributed by atoms with E-state index >= 15 is 0 Å². The van der Waals surface area contributed by atoms with Crippen molar-refractivity contribution >= 4 is 50.3 Å². The molecule has 0 atom stereocenters. The molecule has 1 N–H and O–H groups in total. The van der Waals surface area contributed by atoms with Gasteiger partial charge in [-0.15, -0.1) is 11.3 Å². The zero-order valence-corrected chi connectivity index (χ0v) is 15.3. The van der Waals surface area contributed by atoms with E-state index < -0.39 is 10.0 Å². The van der Waals surface area contributed by atoms with Gasteiger partial charge in [-0.2, -0.15) is 4.31 Å². The number of hydrogen-bond acceptors (Lipinski definition) is 5. The molecule has 0 spiro atoms. The van der Waals surface area contributed by atoms with E-state index in [-0.39, 0.29) is 4.21 Å². The number of sulfonamides is 1. The molecule has 1 saturated heterocycles. The van der Waals surface area contributed by atoms with E-state index in [9.17, 15) is 8.42 Å². The number of halogens is 1. The summed E-state index contributed by atoms with van der Waals surface area (Å²) >= 11 is 12.2. The van der Waals surface area contributed by atoms with Crippen LogP contribution < -0.4 is 5.32 Å². The van der Waals surface area contributed by atoms with Gasteiger partial charge in [0.15, 0.2) is 5.11 Å². The van der Waals surface area contributed by atoms with Crippen molar-refractivity contribution in [3.63, 3.8) is 0 Å². The van der Waals surface area contributed by atoms with E-state index in [1.54, 1.807) is 19.2 Å². The zero-order chi connectivity index (χ0) is 16.2. The maximum absolute atomic E-state index is 12.5. The van der Waals surface area contributed by atoms with Gasteiger partial charge in [-0.25, -0.2) is 8.42 Å². The van der Waals surface area contributed by atoms with Crippen molar-refractivity contribution in [1.82, 2.24) is 14.5 Å². The van der Waals surface area contributed by atoms with Gasteiger partial charge in [0, 0.05) is 39.8 Å². The third kappa shape index (κ3) is 4.30. The maximum atomic E-state index is 12.5. The van der Waals surface area contributed by atoms with Crippen LogP contribution in [0.25, 0.3) is 0 Å². The number of rotatable bonds is 5. The predicted octanol–water partition coefficient (Wildman–Crippen LogP) is 1.23. The summed E-state index contributed by atoms with van der Waals surface area (Å²) in [6.45, 7) is 3.16. The first-order chi connectivity index (χ1) is 10.4. The van der Waals surface area contributed by atoms with Crippen LogP contribution in [0.15, 0.2) is 16.3 Å². The number of nitrogens with one attached hydrogen (secondary N) is 1. The van der Waals surface area contributed by atoms with Crippen LogP contribution in [0.1, 0.15) is 0 Å². The Morgan fingerprint density at radius 2 is 2.09 bits per heavy atom. The maximum Gasteiger partial charge on any atom is 0.252 e. The molecule has 1 aromatic heterocycles. The Morgan fingerprint density at radius 1 is 1.41 bits per heavy atom. The largest absolute Gasteiger partial charge is 0.383 e. The van der Waals surface area contributed by atoms with E-state index in [1.807, 2.05) is 4.90 Å². The molecule has 1 aliphatic rings. The minimum absolute atomic E-state index is 0.284. The molecule has 0 aliphatic carbocycles. The Kier molecular flexibility index (Phi) is 6.42. The summed E-state index contributed by atoms with van der Waals surface area (Å²) < 4.78 is 32.2. The molecule has 0 aromatic carbocycles. The second kappa shape index (κ2) is 7.89. The summed E-state index contributed by atoms with van der Waals surface area (Å²) in [5, 5.41) is 3.72. The zero-order valence-electron chi connectivity index (χ0n) is 12.1. The third-order valence-electron chi connectivity index (χ3n) is 3.25. The monoisotopic (exact) mass is 383 g/mol. The minimum atomic E-state index is -3.45. The lowest BCUT2D eigenvalue weighted by molar-refractivity contribution is 0.201. The molecule has 0 saturated carbocycles.